The fourth-order valence-corrected chi connectivity index (χ4v) is 2.24. The van der Waals surface area contributed by atoms with Crippen LogP contribution in [0, 0.1) is 0 Å². The quantitative estimate of drug-likeness (QED) is 0.655. The van der Waals surface area contributed by atoms with E-state index in [1.54, 1.807) is 5.48 Å². The molecule has 0 spiro atoms. The Morgan fingerprint density at radius 2 is 1.96 bits per heavy atom. The molecule has 0 aromatic heterocycles. The zero-order chi connectivity index (χ0) is 16.1. The van der Waals surface area contributed by atoms with Gasteiger partial charge < -0.3 is 9.57 Å². The van der Waals surface area contributed by atoms with E-state index in [9.17, 15) is 4.79 Å². The molecule has 0 aliphatic carbocycles. The molecule has 0 fully saturated rings. The van der Waals surface area contributed by atoms with Crippen molar-refractivity contribution in [3.05, 3.63) is 65.7 Å². The lowest BCUT2D eigenvalue weighted by Crippen LogP contribution is -2.32. The minimum atomic E-state index is -0.788. The van der Waals surface area contributed by atoms with Gasteiger partial charge in [-0.1, -0.05) is 35.5 Å². The first-order valence-corrected chi connectivity index (χ1v) is 7.20. The Kier molecular flexibility index (Phi) is 4.54. The summed E-state index contributed by atoms with van der Waals surface area (Å²) >= 11 is 0. The van der Waals surface area contributed by atoms with Gasteiger partial charge in [0.05, 0.1) is 5.71 Å². The summed E-state index contributed by atoms with van der Waals surface area (Å²) in [4.78, 5) is 16.3. The molecule has 1 aliphatic heterocycles. The Bertz CT molecular complexity index is 698. The maximum absolute atomic E-state index is 11.3. The lowest BCUT2D eigenvalue weighted by molar-refractivity contribution is -0.139. The average Bonchev–Trinajstić information content (AvgIpc) is 3.11. The lowest BCUT2D eigenvalue weighted by atomic mass is 10.0. The number of nitrogens with one attached hydrogen (secondary N) is 1. The normalized spacial score (nSPS) is 16.4. The van der Waals surface area contributed by atoms with Crippen LogP contribution in [0.4, 0.5) is 0 Å². The summed E-state index contributed by atoms with van der Waals surface area (Å²) < 4.78 is 5.72. The SMILES string of the molecule is O=C(NO)[C@@H]1CC(c2ccc(OCc3ccccc3)cc2)=NO1. The number of oxime groups is 1. The highest BCUT2D eigenvalue weighted by molar-refractivity contribution is 6.04. The van der Waals surface area contributed by atoms with Gasteiger partial charge in [0, 0.05) is 6.42 Å². The maximum atomic E-state index is 11.3. The van der Waals surface area contributed by atoms with Crippen molar-refractivity contribution in [3.63, 3.8) is 0 Å². The minimum absolute atomic E-state index is 0.316. The third-order valence-electron chi connectivity index (χ3n) is 3.51. The van der Waals surface area contributed by atoms with Crippen molar-refractivity contribution in [2.75, 3.05) is 0 Å². The monoisotopic (exact) mass is 312 g/mol. The van der Waals surface area contributed by atoms with Gasteiger partial charge in [0.1, 0.15) is 12.4 Å². The van der Waals surface area contributed by atoms with E-state index in [2.05, 4.69) is 5.16 Å². The summed E-state index contributed by atoms with van der Waals surface area (Å²) in [6, 6.07) is 17.3. The molecule has 2 aromatic rings. The molecule has 23 heavy (non-hydrogen) atoms. The minimum Gasteiger partial charge on any atom is -0.489 e. The molecule has 0 radical (unpaired) electrons. The summed E-state index contributed by atoms with van der Waals surface area (Å²) in [5.74, 6) is 0.147. The molecular weight excluding hydrogens is 296 g/mol. The number of hydroxylamine groups is 1. The molecule has 6 heteroatoms. The molecule has 1 aliphatic rings. The molecule has 1 amide bonds. The van der Waals surface area contributed by atoms with Crippen molar-refractivity contribution in [3.8, 4) is 5.75 Å². The van der Waals surface area contributed by atoms with Crippen molar-refractivity contribution in [2.24, 2.45) is 5.16 Å². The fourth-order valence-electron chi connectivity index (χ4n) is 2.24. The van der Waals surface area contributed by atoms with Crippen LogP contribution in [0.15, 0.2) is 59.8 Å². The highest BCUT2D eigenvalue weighted by Gasteiger charge is 2.28. The van der Waals surface area contributed by atoms with E-state index in [1.165, 1.54) is 0 Å². The number of ether oxygens (including phenoxy) is 1. The molecule has 1 heterocycles. The first-order chi connectivity index (χ1) is 11.3. The van der Waals surface area contributed by atoms with Crippen LogP contribution in [0.3, 0.4) is 0 Å². The van der Waals surface area contributed by atoms with E-state index in [0.717, 1.165) is 16.9 Å². The summed E-state index contributed by atoms with van der Waals surface area (Å²) in [6.07, 6.45) is -0.472. The Labute approximate surface area is 133 Å². The first kappa shape index (κ1) is 15.1. The van der Waals surface area contributed by atoms with Crippen LogP contribution in [0.5, 0.6) is 5.75 Å². The summed E-state index contributed by atoms with van der Waals surface area (Å²) in [5, 5.41) is 12.5. The van der Waals surface area contributed by atoms with E-state index in [-0.39, 0.29) is 0 Å². The second kappa shape index (κ2) is 6.93. The van der Waals surface area contributed by atoms with Gasteiger partial charge in [-0.25, -0.2) is 5.48 Å². The number of rotatable bonds is 5. The van der Waals surface area contributed by atoms with E-state index >= 15 is 0 Å². The van der Waals surface area contributed by atoms with Crippen LogP contribution in [0.2, 0.25) is 0 Å². The Morgan fingerprint density at radius 1 is 1.22 bits per heavy atom. The number of hydrogen-bond donors (Lipinski definition) is 2. The molecule has 3 rings (SSSR count). The van der Waals surface area contributed by atoms with Crippen LogP contribution in [0.25, 0.3) is 0 Å². The van der Waals surface area contributed by atoms with E-state index < -0.39 is 12.0 Å². The zero-order valence-corrected chi connectivity index (χ0v) is 12.3. The van der Waals surface area contributed by atoms with Gasteiger partial charge in [-0.05, 0) is 35.4 Å². The van der Waals surface area contributed by atoms with Gasteiger partial charge in [0.2, 0.25) is 6.10 Å². The van der Waals surface area contributed by atoms with Crippen LogP contribution in [-0.2, 0) is 16.2 Å². The van der Waals surface area contributed by atoms with E-state index in [1.807, 2.05) is 54.6 Å². The van der Waals surface area contributed by atoms with Crippen LogP contribution >= 0.6 is 0 Å². The Hall–Kier alpha value is -2.86. The van der Waals surface area contributed by atoms with Crippen molar-refractivity contribution in [1.82, 2.24) is 5.48 Å². The van der Waals surface area contributed by atoms with E-state index in [4.69, 9.17) is 14.8 Å². The van der Waals surface area contributed by atoms with Gasteiger partial charge in [-0.2, -0.15) is 0 Å². The number of carbonyl (C=O) groups is 1. The predicted molar refractivity (Wildman–Crippen MR) is 83.2 cm³/mol. The summed E-state index contributed by atoms with van der Waals surface area (Å²) in [7, 11) is 0. The highest BCUT2D eigenvalue weighted by Crippen LogP contribution is 2.20. The zero-order valence-electron chi connectivity index (χ0n) is 12.3. The van der Waals surface area contributed by atoms with Gasteiger partial charge in [0.15, 0.2) is 0 Å². The molecule has 0 saturated heterocycles. The standard InChI is InChI=1S/C17H16N2O4/c20-17(18-21)16-10-15(19-23-16)13-6-8-14(9-7-13)22-11-12-4-2-1-3-5-12/h1-9,16,21H,10-11H2,(H,18,20)/t16-/m0/s1. The second-order valence-electron chi connectivity index (χ2n) is 5.11. The largest absolute Gasteiger partial charge is 0.489 e. The molecule has 0 unspecified atom stereocenters. The van der Waals surface area contributed by atoms with Gasteiger partial charge in [0.25, 0.3) is 5.91 Å². The van der Waals surface area contributed by atoms with Crippen molar-refractivity contribution >= 4 is 11.6 Å². The van der Waals surface area contributed by atoms with Gasteiger partial charge in [-0.15, -0.1) is 0 Å². The van der Waals surface area contributed by atoms with Crippen molar-refractivity contribution < 1.29 is 19.6 Å². The lowest BCUT2D eigenvalue weighted by Gasteiger charge is -2.07. The van der Waals surface area contributed by atoms with Crippen molar-refractivity contribution in [2.45, 2.75) is 19.1 Å². The number of hydrogen-bond acceptors (Lipinski definition) is 5. The molecule has 0 bridgehead atoms. The first-order valence-electron chi connectivity index (χ1n) is 7.20. The molecule has 1 atom stereocenters. The number of nitrogens with zero attached hydrogens (tertiary/aromatic N) is 1. The number of amides is 1. The Balaban J connectivity index is 1.58. The smallest absolute Gasteiger partial charge is 0.287 e. The fraction of sp³-hybridized carbons (Fsp3) is 0.176. The topological polar surface area (TPSA) is 80.2 Å². The number of carbonyl (C=O) groups excluding carboxylic acids is 1. The highest BCUT2D eigenvalue weighted by atomic mass is 16.6. The van der Waals surface area contributed by atoms with E-state index in [0.29, 0.717) is 18.7 Å². The molecule has 2 N–H and O–H groups in total. The molecule has 6 nitrogen and oxygen atoms in total. The summed E-state index contributed by atoms with van der Waals surface area (Å²) in [6.45, 7) is 0.503. The molecule has 2 aromatic carbocycles. The van der Waals surface area contributed by atoms with Crippen LogP contribution in [-0.4, -0.2) is 22.9 Å². The maximum Gasteiger partial charge on any atom is 0.287 e. The molecule has 0 saturated carbocycles. The second-order valence-corrected chi connectivity index (χ2v) is 5.11. The number of benzene rings is 2. The predicted octanol–water partition coefficient (Wildman–Crippen LogP) is 2.26. The van der Waals surface area contributed by atoms with Gasteiger partial charge in [-0.3, -0.25) is 10.0 Å². The van der Waals surface area contributed by atoms with Gasteiger partial charge >= 0.3 is 0 Å². The third-order valence-corrected chi connectivity index (χ3v) is 3.51. The van der Waals surface area contributed by atoms with Crippen molar-refractivity contribution in [1.29, 1.82) is 0 Å². The molecular formula is C17H16N2O4. The summed E-state index contributed by atoms with van der Waals surface area (Å²) in [5.41, 5.74) is 4.18. The van der Waals surface area contributed by atoms with Crippen LogP contribution in [0.1, 0.15) is 17.5 Å². The van der Waals surface area contributed by atoms with Crippen LogP contribution < -0.4 is 10.2 Å². The average molecular weight is 312 g/mol. The Morgan fingerprint density at radius 3 is 2.65 bits per heavy atom. The molecule has 118 valence electrons. The third kappa shape index (κ3) is 3.67.